The van der Waals surface area contributed by atoms with E-state index in [4.69, 9.17) is 10.6 Å². The minimum Gasteiger partial charge on any atom is -0.382 e. The van der Waals surface area contributed by atoms with E-state index >= 15 is 0 Å². The van der Waals surface area contributed by atoms with Crippen molar-refractivity contribution in [3.8, 4) is 0 Å². The zero-order valence-corrected chi connectivity index (χ0v) is 11.6. The number of halogens is 2. The van der Waals surface area contributed by atoms with Crippen molar-refractivity contribution in [1.82, 2.24) is 5.43 Å². The van der Waals surface area contributed by atoms with E-state index in [1.54, 1.807) is 13.2 Å². The van der Waals surface area contributed by atoms with Crippen LogP contribution in [0, 0.1) is 5.82 Å². The van der Waals surface area contributed by atoms with Crippen LogP contribution in [0.15, 0.2) is 22.7 Å². The van der Waals surface area contributed by atoms with Gasteiger partial charge < -0.3 is 4.74 Å². The molecule has 0 saturated carbocycles. The fourth-order valence-corrected chi connectivity index (χ4v) is 2.17. The molecule has 17 heavy (non-hydrogen) atoms. The summed E-state index contributed by atoms with van der Waals surface area (Å²) in [6.07, 6.45) is 1.66. The van der Waals surface area contributed by atoms with Crippen LogP contribution in [-0.2, 0) is 11.2 Å². The highest BCUT2D eigenvalue weighted by molar-refractivity contribution is 9.10. The van der Waals surface area contributed by atoms with Crippen molar-refractivity contribution < 1.29 is 9.13 Å². The molecule has 0 spiro atoms. The molecule has 1 rings (SSSR count). The summed E-state index contributed by atoms with van der Waals surface area (Å²) in [5, 5.41) is 0. The lowest BCUT2D eigenvalue weighted by Gasteiger charge is -2.20. The lowest BCUT2D eigenvalue weighted by molar-refractivity contribution is 0.100. The van der Waals surface area contributed by atoms with Crippen molar-refractivity contribution in [1.29, 1.82) is 0 Å². The maximum atomic E-state index is 12.9. The van der Waals surface area contributed by atoms with Crippen LogP contribution < -0.4 is 11.3 Å². The Hall–Kier alpha value is -0.490. The number of ether oxygens (including phenoxy) is 1. The highest BCUT2D eigenvalue weighted by atomic mass is 79.9. The van der Waals surface area contributed by atoms with Crippen molar-refractivity contribution in [2.45, 2.75) is 31.9 Å². The van der Waals surface area contributed by atoms with Gasteiger partial charge in [0, 0.05) is 17.6 Å². The normalized spacial score (nSPS) is 14.6. The van der Waals surface area contributed by atoms with Gasteiger partial charge in [0.15, 0.2) is 0 Å². The smallest absolute Gasteiger partial charge is 0.124 e. The summed E-state index contributed by atoms with van der Waals surface area (Å²) in [6, 6.07) is 4.78. The van der Waals surface area contributed by atoms with E-state index in [0.717, 1.165) is 22.9 Å². The quantitative estimate of drug-likeness (QED) is 0.627. The largest absolute Gasteiger partial charge is 0.382 e. The first-order valence-corrected chi connectivity index (χ1v) is 6.29. The zero-order valence-electron chi connectivity index (χ0n) is 10.0. The molecule has 0 saturated heterocycles. The number of nitrogens with one attached hydrogen (secondary N) is 1. The van der Waals surface area contributed by atoms with Crippen LogP contribution >= 0.6 is 15.9 Å². The summed E-state index contributed by atoms with van der Waals surface area (Å²) in [6.45, 7) is 1.99. The Morgan fingerprint density at radius 2 is 2.24 bits per heavy atom. The molecule has 1 aromatic rings. The van der Waals surface area contributed by atoms with E-state index < -0.39 is 0 Å². The molecule has 5 heteroatoms. The van der Waals surface area contributed by atoms with Gasteiger partial charge in [-0.05, 0) is 37.5 Å². The lowest BCUT2D eigenvalue weighted by atomic mass is 10.0. The van der Waals surface area contributed by atoms with Gasteiger partial charge >= 0.3 is 0 Å². The lowest BCUT2D eigenvalue weighted by Crippen LogP contribution is -2.39. The standard InChI is InChI=1S/C12H18BrFN2O/c1-8(17-2)5-11(16-15)6-9-3-4-10(14)7-12(9)13/h3-4,7-8,11,16H,5-6,15H2,1-2H3. The minimum atomic E-state index is -0.247. The Morgan fingerprint density at radius 1 is 1.53 bits per heavy atom. The highest BCUT2D eigenvalue weighted by Gasteiger charge is 2.13. The van der Waals surface area contributed by atoms with Crippen LogP contribution in [0.1, 0.15) is 18.9 Å². The third-order valence-electron chi connectivity index (χ3n) is 2.74. The maximum Gasteiger partial charge on any atom is 0.124 e. The van der Waals surface area contributed by atoms with Crippen molar-refractivity contribution >= 4 is 15.9 Å². The molecule has 0 heterocycles. The van der Waals surface area contributed by atoms with Crippen molar-refractivity contribution in [2.75, 3.05) is 7.11 Å². The van der Waals surface area contributed by atoms with Gasteiger partial charge in [0.05, 0.1) is 6.10 Å². The van der Waals surface area contributed by atoms with Crippen LogP contribution in [0.25, 0.3) is 0 Å². The molecule has 0 aliphatic heterocycles. The second-order valence-electron chi connectivity index (χ2n) is 4.09. The van der Waals surface area contributed by atoms with E-state index in [0.29, 0.717) is 0 Å². The second kappa shape index (κ2) is 7.06. The Kier molecular flexibility index (Phi) is 6.05. The van der Waals surface area contributed by atoms with Crippen LogP contribution in [-0.4, -0.2) is 19.3 Å². The SMILES string of the molecule is COC(C)CC(Cc1ccc(F)cc1Br)NN. The molecule has 0 amide bonds. The second-order valence-corrected chi connectivity index (χ2v) is 4.94. The first-order valence-electron chi connectivity index (χ1n) is 5.49. The van der Waals surface area contributed by atoms with Gasteiger partial charge in [-0.15, -0.1) is 0 Å². The first-order chi connectivity index (χ1) is 8.06. The number of benzene rings is 1. The Balaban J connectivity index is 2.67. The maximum absolute atomic E-state index is 12.9. The number of rotatable bonds is 6. The molecule has 2 atom stereocenters. The summed E-state index contributed by atoms with van der Waals surface area (Å²) in [4.78, 5) is 0. The van der Waals surface area contributed by atoms with E-state index in [1.807, 2.05) is 6.92 Å². The molecule has 0 fully saturated rings. The number of hydrogen-bond donors (Lipinski definition) is 2. The van der Waals surface area contributed by atoms with Crippen molar-refractivity contribution in [3.63, 3.8) is 0 Å². The van der Waals surface area contributed by atoms with Crippen LogP contribution in [0.3, 0.4) is 0 Å². The third-order valence-corrected chi connectivity index (χ3v) is 3.47. The Labute approximate surface area is 110 Å². The molecular formula is C12H18BrFN2O. The van der Waals surface area contributed by atoms with Gasteiger partial charge in [0.25, 0.3) is 0 Å². The summed E-state index contributed by atoms with van der Waals surface area (Å²) in [5.41, 5.74) is 3.79. The average Bonchev–Trinajstić information content (AvgIpc) is 2.31. The molecule has 3 N–H and O–H groups in total. The molecule has 0 aliphatic carbocycles. The van der Waals surface area contributed by atoms with E-state index in [2.05, 4.69) is 21.4 Å². The zero-order chi connectivity index (χ0) is 12.8. The fourth-order valence-electron chi connectivity index (χ4n) is 1.66. The highest BCUT2D eigenvalue weighted by Crippen LogP contribution is 2.20. The van der Waals surface area contributed by atoms with Gasteiger partial charge in [-0.1, -0.05) is 22.0 Å². The minimum absolute atomic E-state index is 0.103. The molecular weight excluding hydrogens is 287 g/mol. The predicted octanol–water partition coefficient (Wildman–Crippen LogP) is 2.39. The molecule has 1 aromatic carbocycles. The van der Waals surface area contributed by atoms with E-state index in [9.17, 15) is 4.39 Å². The van der Waals surface area contributed by atoms with Gasteiger partial charge in [0.2, 0.25) is 0 Å². The topological polar surface area (TPSA) is 47.3 Å². The van der Waals surface area contributed by atoms with Gasteiger partial charge in [0.1, 0.15) is 5.82 Å². The monoisotopic (exact) mass is 304 g/mol. The molecule has 0 radical (unpaired) electrons. The molecule has 0 bridgehead atoms. The van der Waals surface area contributed by atoms with Crippen LogP contribution in [0.2, 0.25) is 0 Å². The number of nitrogens with two attached hydrogens (primary N) is 1. The fraction of sp³-hybridized carbons (Fsp3) is 0.500. The molecule has 3 nitrogen and oxygen atoms in total. The molecule has 2 unspecified atom stereocenters. The molecule has 96 valence electrons. The van der Waals surface area contributed by atoms with Crippen LogP contribution in [0.5, 0.6) is 0 Å². The number of hydrazine groups is 1. The third kappa shape index (κ3) is 4.71. The summed E-state index contributed by atoms with van der Waals surface area (Å²) >= 11 is 3.35. The van der Waals surface area contributed by atoms with E-state index in [1.165, 1.54) is 12.1 Å². The summed E-state index contributed by atoms with van der Waals surface area (Å²) in [7, 11) is 1.67. The van der Waals surface area contributed by atoms with Crippen molar-refractivity contribution in [3.05, 3.63) is 34.1 Å². The van der Waals surface area contributed by atoms with Gasteiger partial charge in [-0.2, -0.15) is 0 Å². The van der Waals surface area contributed by atoms with Crippen molar-refractivity contribution in [2.24, 2.45) is 5.84 Å². The summed E-state index contributed by atoms with van der Waals surface area (Å²) in [5.74, 6) is 5.26. The van der Waals surface area contributed by atoms with Gasteiger partial charge in [-0.3, -0.25) is 11.3 Å². The Bertz CT molecular complexity index is 362. The Morgan fingerprint density at radius 3 is 2.76 bits per heavy atom. The van der Waals surface area contributed by atoms with Crippen LogP contribution in [0.4, 0.5) is 4.39 Å². The average molecular weight is 305 g/mol. The predicted molar refractivity (Wildman–Crippen MR) is 70.0 cm³/mol. The first kappa shape index (κ1) is 14.6. The number of hydrogen-bond acceptors (Lipinski definition) is 3. The molecule has 0 aromatic heterocycles. The summed E-state index contributed by atoms with van der Waals surface area (Å²) < 4.78 is 18.9. The number of methoxy groups -OCH3 is 1. The van der Waals surface area contributed by atoms with E-state index in [-0.39, 0.29) is 18.0 Å². The molecule has 0 aliphatic rings. The van der Waals surface area contributed by atoms with Gasteiger partial charge in [-0.25, -0.2) is 4.39 Å².